The molecule has 0 amide bonds. The number of halogens is 1. The number of Topliss-reactive ketones (excluding diaryl/α,β-unsaturated/α-hetero) is 1. The number of carbonyl (C=O) groups excluding carboxylic acids is 1. The number of hydrogen-bond acceptors (Lipinski definition) is 5. The minimum Gasteiger partial charge on any atom is -0.457 e. The maximum absolute atomic E-state index is 14.1. The van der Waals surface area contributed by atoms with E-state index in [9.17, 15) is 14.3 Å². The Labute approximate surface area is 264 Å². The molecular formula is C39H37FN2O3. The Morgan fingerprint density at radius 1 is 0.667 bits per heavy atom. The van der Waals surface area contributed by atoms with Gasteiger partial charge >= 0.3 is 0 Å². The molecule has 1 N–H and O–H groups in total. The highest BCUT2D eigenvalue weighted by molar-refractivity contribution is 5.99. The SMILES string of the molecule is O=C(c1ccc(CN2CCCN(Cc3ccc(Oc4ccc(-c5ccccc5F)cc4)cc3)CC2)cc1)C(O)c1ccccc1. The topological polar surface area (TPSA) is 53.0 Å². The maximum atomic E-state index is 14.1. The van der Waals surface area contributed by atoms with Crippen LogP contribution >= 0.6 is 0 Å². The zero-order valence-corrected chi connectivity index (χ0v) is 25.2. The largest absolute Gasteiger partial charge is 0.457 e. The van der Waals surface area contributed by atoms with Crippen molar-refractivity contribution in [2.75, 3.05) is 26.2 Å². The smallest absolute Gasteiger partial charge is 0.195 e. The van der Waals surface area contributed by atoms with Crippen molar-refractivity contribution >= 4 is 5.78 Å². The Balaban J connectivity index is 0.974. The molecule has 0 bridgehead atoms. The van der Waals surface area contributed by atoms with E-state index >= 15 is 0 Å². The molecule has 5 nitrogen and oxygen atoms in total. The Kier molecular flexibility index (Phi) is 9.76. The van der Waals surface area contributed by atoms with Gasteiger partial charge in [-0.1, -0.05) is 97.1 Å². The second-order valence-corrected chi connectivity index (χ2v) is 11.5. The van der Waals surface area contributed by atoms with E-state index in [2.05, 4.69) is 21.9 Å². The van der Waals surface area contributed by atoms with Crippen molar-refractivity contribution in [2.24, 2.45) is 0 Å². The average molecular weight is 601 g/mol. The molecule has 1 saturated heterocycles. The number of hydrogen-bond donors (Lipinski definition) is 1. The predicted molar refractivity (Wildman–Crippen MR) is 176 cm³/mol. The first-order valence-corrected chi connectivity index (χ1v) is 15.4. The van der Waals surface area contributed by atoms with E-state index < -0.39 is 6.10 Å². The van der Waals surface area contributed by atoms with Crippen molar-refractivity contribution < 1.29 is 19.0 Å². The molecule has 5 aromatic rings. The molecule has 0 aliphatic carbocycles. The first kappa shape index (κ1) is 30.4. The summed E-state index contributed by atoms with van der Waals surface area (Å²) < 4.78 is 20.1. The quantitative estimate of drug-likeness (QED) is 0.165. The Morgan fingerprint density at radius 3 is 1.80 bits per heavy atom. The molecule has 5 aromatic carbocycles. The standard InChI is InChI=1S/C39H37FN2O3/c40-37-10-5-4-9-36(37)31-17-21-35(22-18-31)45-34-19-13-30(14-20-34)28-42-24-6-23-41(25-26-42)27-29-11-15-33(16-12-29)39(44)38(43)32-7-2-1-3-8-32/h1-5,7-22,38,43H,6,23-28H2. The summed E-state index contributed by atoms with van der Waals surface area (Å²) in [4.78, 5) is 17.7. The first-order valence-electron chi connectivity index (χ1n) is 15.4. The molecule has 1 fully saturated rings. The van der Waals surface area contributed by atoms with Crippen LogP contribution in [0.5, 0.6) is 11.5 Å². The number of carbonyl (C=O) groups is 1. The summed E-state index contributed by atoms with van der Waals surface area (Å²) in [5, 5.41) is 10.5. The van der Waals surface area contributed by atoms with Crippen LogP contribution < -0.4 is 4.74 Å². The monoisotopic (exact) mass is 600 g/mol. The Bertz CT molecular complexity index is 1690. The highest BCUT2D eigenvalue weighted by Gasteiger charge is 2.20. The van der Waals surface area contributed by atoms with Crippen molar-refractivity contribution in [2.45, 2.75) is 25.6 Å². The third kappa shape index (κ3) is 7.91. The molecule has 0 spiro atoms. The number of ketones is 1. The molecule has 1 aliphatic rings. The average Bonchev–Trinajstić information content (AvgIpc) is 3.31. The highest BCUT2D eigenvalue weighted by Crippen LogP contribution is 2.28. The van der Waals surface area contributed by atoms with Crippen LogP contribution in [0.3, 0.4) is 0 Å². The third-order valence-corrected chi connectivity index (χ3v) is 8.29. The van der Waals surface area contributed by atoms with Crippen molar-refractivity contribution in [3.05, 3.63) is 155 Å². The highest BCUT2D eigenvalue weighted by atomic mass is 19.1. The zero-order valence-electron chi connectivity index (χ0n) is 25.2. The lowest BCUT2D eigenvalue weighted by atomic mass is 9.99. The molecule has 1 atom stereocenters. The van der Waals surface area contributed by atoms with Crippen LogP contribution in [-0.4, -0.2) is 46.9 Å². The van der Waals surface area contributed by atoms with Gasteiger partial charge in [-0.25, -0.2) is 4.39 Å². The predicted octanol–water partition coefficient (Wildman–Crippen LogP) is 7.91. The minimum absolute atomic E-state index is 0.236. The summed E-state index contributed by atoms with van der Waals surface area (Å²) in [6.07, 6.45) is -0.0627. The number of rotatable bonds is 10. The van der Waals surface area contributed by atoms with Gasteiger partial charge in [-0.3, -0.25) is 14.6 Å². The van der Waals surface area contributed by atoms with Gasteiger partial charge in [-0.05, 0) is 72.1 Å². The molecule has 1 unspecified atom stereocenters. The summed E-state index contributed by atoms with van der Waals surface area (Å²) >= 11 is 0. The van der Waals surface area contributed by atoms with Gasteiger partial charge in [-0.2, -0.15) is 0 Å². The number of nitrogens with zero attached hydrogens (tertiary/aromatic N) is 2. The van der Waals surface area contributed by atoms with Crippen LogP contribution in [0.15, 0.2) is 127 Å². The minimum atomic E-state index is -1.15. The van der Waals surface area contributed by atoms with E-state index in [-0.39, 0.29) is 11.6 Å². The first-order chi connectivity index (χ1) is 22.0. The lowest BCUT2D eigenvalue weighted by Crippen LogP contribution is -2.30. The molecule has 1 aliphatic heterocycles. The van der Waals surface area contributed by atoms with E-state index in [1.165, 1.54) is 11.6 Å². The normalized spacial score (nSPS) is 14.9. The van der Waals surface area contributed by atoms with Crippen LogP contribution in [0, 0.1) is 5.82 Å². The molecule has 0 aromatic heterocycles. The molecule has 6 rings (SSSR count). The third-order valence-electron chi connectivity index (χ3n) is 8.29. The zero-order chi connectivity index (χ0) is 31.0. The van der Waals surface area contributed by atoms with Gasteiger partial charge in [0.25, 0.3) is 0 Å². The molecule has 0 radical (unpaired) electrons. The van der Waals surface area contributed by atoms with Crippen molar-refractivity contribution in [1.29, 1.82) is 0 Å². The van der Waals surface area contributed by atoms with Gasteiger partial charge in [0.15, 0.2) is 5.78 Å². The molecular weight excluding hydrogens is 563 g/mol. The van der Waals surface area contributed by atoms with E-state index in [4.69, 9.17) is 4.74 Å². The molecule has 45 heavy (non-hydrogen) atoms. The fourth-order valence-corrected chi connectivity index (χ4v) is 5.77. The molecule has 228 valence electrons. The summed E-state index contributed by atoms with van der Waals surface area (Å²) in [6.45, 7) is 5.72. The molecule has 0 saturated carbocycles. The number of aliphatic hydroxyl groups excluding tert-OH is 1. The van der Waals surface area contributed by atoms with Crippen LogP contribution in [0.4, 0.5) is 4.39 Å². The van der Waals surface area contributed by atoms with Gasteiger partial charge in [0.05, 0.1) is 0 Å². The van der Waals surface area contributed by atoms with Crippen LogP contribution in [0.25, 0.3) is 11.1 Å². The lowest BCUT2D eigenvalue weighted by Gasteiger charge is -2.22. The summed E-state index contributed by atoms with van der Waals surface area (Å²) in [5.41, 5.74) is 4.92. The fourth-order valence-electron chi connectivity index (χ4n) is 5.77. The number of ether oxygens (including phenoxy) is 1. The van der Waals surface area contributed by atoms with Crippen LogP contribution in [0.1, 0.15) is 39.6 Å². The van der Waals surface area contributed by atoms with Crippen molar-refractivity contribution in [3.63, 3.8) is 0 Å². The summed E-state index contributed by atoms with van der Waals surface area (Å²) in [6, 6.07) is 39.1. The van der Waals surface area contributed by atoms with Gasteiger partial charge in [0, 0.05) is 37.3 Å². The van der Waals surface area contributed by atoms with Crippen LogP contribution in [-0.2, 0) is 13.1 Å². The molecule has 1 heterocycles. The van der Waals surface area contributed by atoms with E-state index in [0.717, 1.165) is 62.6 Å². The van der Waals surface area contributed by atoms with Gasteiger partial charge < -0.3 is 9.84 Å². The molecule has 6 heteroatoms. The fraction of sp³-hybridized carbons (Fsp3) is 0.205. The van der Waals surface area contributed by atoms with E-state index in [0.29, 0.717) is 22.4 Å². The van der Waals surface area contributed by atoms with Crippen molar-refractivity contribution in [1.82, 2.24) is 9.80 Å². The second-order valence-electron chi connectivity index (χ2n) is 11.5. The lowest BCUT2D eigenvalue weighted by molar-refractivity contribution is 0.0747. The van der Waals surface area contributed by atoms with Gasteiger partial charge in [0.1, 0.15) is 23.4 Å². The summed E-state index contributed by atoms with van der Waals surface area (Å²) in [7, 11) is 0. The Hall–Kier alpha value is -4.62. The maximum Gasteiger partial charge on any atom is 0.195 e. The summed E-state index contributed by atoms with van der Waals surface area (Å²) in [5.74, 6) is 0.955. The van der Waals surface area contributed by atoms with E-state index in [1.54, 1.807) is 24.3 Å². The van der Waals surface area contributed by atoms with Gasteiger partial charge in [-0.15, -0.1) is 0 Å². The van der Waals surface area contributed by atoms with Crippen LogP contribution in [0.2, 0.25) is 0 Å². The van der Waals surface area contributed by atoms with E-state index in [1.807, 2.05) is 84.9 Å². The van der Waals surface area contributed by atoms with Crippen molar-refractivity contribution in [3.8, 4) is 22.6 Å². The second kappa shape index (κ2) is 14.4. The number of benzene rings is 5. The Morgan fingerprint density at radius 2 is 1.20 bits per heavy atom. The number of aliphatic hydroxyl groups is 1. The van der Waals surface area contributed by atoms with Gasteiger partial charge in [0.2, 0.25) is 0 Å².